The highest BCUT2D eigenvalue weighted by Crippen LogP contribution is 2.31. The number of benzene rings is 3. The average molecular weight is 532 g/mol. The van der Waals surface area contributed by atoms with Crippen LogP contribution in [-0.2, 0) is 9.59 Å². The van der Waals surface area contributed by atoms with Crippen LogP contribution < -0.4 is 15.0 Å². The number of imide groups is 1. The molecule has 0 fully saturated rings. The molecule has 3 aromatic rings. The van der Waals surface area contributed by atoms with Crippen molar-refractivity contribution in [1.82, 2.24) is 0 Å². The van der Waals surface area contributed by atoms with Crippen LogP contribution in [0.25, 0.3) is 0 Å². The smallest absolute Gasteiger partial charge is 0.343 e. The molecular formula is C23H13BrCl2N2O4. The van der Waals surface area contributed by atoms with Gasteiger partial charge in [0.15, 0.2) is 0 Å². The van der Waals surface area contributed by atoms with Crippen LogP contribution in [0.3, 0.4) is 0 Å². The van der Waals surface area contributed by atoms with Crippen LogP contribution in [0, 0.1) is 0 Å². The van der Waals surface area contributed by atoms with E-state index in [2.05, 4.69) is 21.2 Å². The predicted molar refractivity (Wildman–Crippen MR) is 126 cm³/mol. The number of hydrogen-bond acceptors (Lipinski definition) is 5. The van der Waals surface area contributed by atoms with Crippen molar-refractivity contribution in [3.05, 3.63) is 98.6 Å². The van der Waals surface area contributed by atoms with Gasteiger partial charge in [0.25, 0.3) is 11.8 Å². The molecule has 3 aromatic carbocycles. The van der Waals surface area contributed by atoms with Crippen LogP contribution in [0.1, 0.15) is 10.4 Å². The molecule has 1 aliphatic heterocycles. The van der Waals surface area contributed by atoms with Gasteiger partial charge in [-0.1, -0.05) is 45.2 Å². The summed E-state index contributed by atoms with van der Waals surface area (Å²) in [5.41, 5.74) is 1.02. The number of halogens is 3. The van der Waals surface area contributed by atoms with E-state index in [1.54, 1.807) is 54.6 Å². The Kier molecular flexibility index (Phi) is 6.32. The molecule has 1 heterocycles. The maximum atomic E-state index is 12.8. The van der Waals surface area contributed by atoms with E-state index in [1.807, 2.05) is 0 Å². The fourth-order valence-corrected chi connectivity index (χ4v) is 3.63. The Morgan fingerprint density at radius 2 is 1.59 bits per heavy atom. The Hall–Kier alpha value is -3.13. The molecule has 160 valence electrons. The largest absolute Gasteiger partial charge is 0.423 e. The van der Waals surface area contributed by atoms with E-state index in [1.165, 1.54) is 18.2 Å². The second kappa shape index (κ2) is 9.16. The van der Waals surface area contributed by atoms with Crippen LogP contribution in [0.2, 0.25) is 5.02 Å². The van der Waals surface area contributed by atoms with Crippen molar-refractivity contribution in [3.8, 4) is 5.75 Å². The third kappa shape index (κ3) is 4.55. The van der Waals surface area contributed by atoms with Gasteiger partial charge in [0.05, 0.1) is 11.3 Å². The molecule has 0 atom stereocenters. The average Bonchev–Trinajstić information content (AvgIpc) is 2.99. The molecule has 0 aromatic heterocycles. The number of anilines is 2. The van der Waals surface area contributed by atoms with Crippen LogP contribution >= 0.6 is 39.1 Å². The maximum absolute atomic E-state index is 12.8. The number of carbonyl (C=O) groups is 3. The summed E-state index contributed by atoms with van der Waals surface area (Å²) in [6, 6.07) is 19.4. The summed E-state index contributed by atoms with van der Waals surface area (Å²) in [6.07, 6.45) is 0. The Balaban J connectivity index is 1.48. The summed E-state index contributed by atoms with van der Waals surface area (Å²) in [6.45, 7) is 0. The van der Waals surface area contributed by atoms with Gasteiger partial charge in [0.1, 0.15) is 16.5 Å². The van der Waals surface area contributed by atoms with E-state index in [9.17, 15) is 14.4 Å². The first kappa shape index (κ1) is 22.1. The molecule has 9 heteroatoms. The summed E-state index contributed by atoms with van der Waals surface area (Å²) < 4.78 is 6.19. The lowest BCUT2D eigenvalue weighted by molar-refractivity contribution is -0.120. The first-order valence-electron chi connectivity index (χ1n) is 9.22. The molecule has 4 rings (SSSR count). The van der Waals surface area contributed by atoms with Crippen molar-refractivity contribution >= 4 is 68.3 Å². The fraction of sp³-hybridized carbons (Fsp3) is 0. The number of carbonyl (C=O) groups excluding carboxylic acids is 3. The fourth-order valence-electron chi connectivity index (χ4n) is 2.96. The number of hydrogen-bond donors (Lipinski definition) is 1. The van der Waals surface area contributed by atoms with Gasteiger partial charge in [-0.05, 0) is 66.7 Å². The molecule has 0 bridgehead atoms. The summed E-state index contributed by atoms with van der Waals surface area (Å²) >= 11 is 15.4. The lowest BCUT2D eigenvalue weighted by atomic mass is 10.2. The van der Waals surface area contributed by atoms with Gasteiger partial charge in [-0.15, -0.1) is 0 Å². The molecule has 0 aliphatic carbocycles. The third-order valence-electron chi connectivity index (χ3n) is 4.51. The highest BCUT2D eigenvalue weighted by atomic mass is 79.9. The Labute approximate surface area is 201 Å². The number of esters is 1. The van der Waals surface area contributed by atoms with Crippen LogP contribution in [0.5, 0.6) is 5.75 Å². The van der Waals surface area contributed by atoms with Crippen molar-refractivity contribution in [1.29, 1.82) is 0 Å². The second-order valence-electron chi connectivity index (χ2n) is 6.66. The van der Waals surface area contributed by atoms with Crippen molar-refractivity contribution in [3.63, 3.8) is 0 Å². The minimum Gasteiger partial charge on any atom is -0.423 e. The van der Waals surface area contributed by atoms with E-state index >= 15 is 0 Å². The molecule has 0 spiro atoms. The predicted octanol–water partition coefficient (Wildman–Crippen LogP) is 5.76. The maximum Gasteiger partial charge on any atom is 0.343 e. The first-order valence-corrected chi connectivity index (χ1v) is 10.8. The molecular weight excluding hydrogens is 519 g/mol. The second-order valence-corrected chi connectivity index (χ2v) is 8.39. The summed E-state index contributed by atoms with van der Waals surface area (Å²) in [5.74, 6) is -1.39. The van der Waals surface area contributed by atoms with Gasteiger partial charge in [0, 0.05) is 15.2 Å². The normalized spacial score (nSPS) is 13.5. The van der Waals surface area contributed by atoms with Gasteiger partial charge >= 0.3 is 5.97 Å². The lowest BCUT2D eigenvalue weighted by Gasteiger charge is -2.15. The zero-order chi connectivity index (χ0) is 22.8. The zero-order valence-corrected chi connectivity index (χ0v) is 19.2. The molecule has 6 nitrogen and oxygen atoms in total. The van der Waals surface area contributed by atoms with Crippen LogP contribution in [-0.4, -0.2) is 17.8 Å². The van der Waals surface area contributed by atoms with Gasteiger partial charge < -0.3 is 10.1 Å². The van der Waals surface area contributed by atoms with Crippen LogP contribution in [0.15, 0.2) is 88.0 Å². The SMILES string of the molecule is O=C(Oc1ccc(Br)cc1)c1ccc(NC2=C(Cl)C(=O)N(c3cccc(Cl)c3)C2=O)cc1. The van der Waals surface area contributed by atoms with Gasteiger partial charge in [-0.2, -0.15) is 0 Å². The van der Waals surface area contributed by atoms with Crippen molar-refractivity contribution < 1.29 is 19.1 Å². The highest BCUT2D eigenvalue weighted by molar-refractivity contribution is 9.10. The topological polar surface area (TPSA) is 75.7 Å². The minimum atomic E-state index is -0.656. The molecule has 0 saturated heterocycles. The highest BCUT2D eigenvalue weighted by Gasteiger charge is 2.39. The van der Waals surface area contributed by atoms with E-state index in [-0.39, 0.29) is 10.7 Å². The van der Waals surface area contributed by atoms with Gasteiger partial charge in [0.2, 0.25) is 0 Å². The van der Waals surface area contributed by atoms with Gasteiger partial charge in [-0.3, -0.25) is 9.59 Å². The number of amides is 2. The number of nitrogens with one attached hydrogen (secondary N) is 1. The molecule has 32 heavy (non-hydrogen) atoms. The zero-order valence-electron chi connectivity index (χ0n) is 16.1. The van der Waals surface area contributed by atoms with Crippen LogP contribution in [0.4, 0.5) is 11.4 Å². The summed E-state index contributed by atoms with van der Waals surface area (Å²) in [5, 5.41) is 2.99. The quantitative estimate of drug-likeness (QED) is 0.257. The molecule has 0 radical (unpaired) electrons. The van der Waals surface area contributed by atoms with Gasteiger partial charge in [-0.25, -0.2) is 9.69 Å². The molecule has 1 aliphatic rings. The lowest BCUT2D eigenvalue weighted by Crippen LogP contribution is -2.32. The number of rotatable bonds is 5. The Morgan fingerprint density at radius 3 is 2.25 bits per heavy atom. The van der Waals surface area contributed by atoms with E-state index in [4.69, 9.17) is 27.9 Å². The standard InChI is InChI=1S/C23H13BrCl2N2O4/c24-14-6-10-18(11-7-14)32-23(31)13-4-8-16(9-5-13)27-20-19(26)21(29)28(22(20)30)17-3-1-2-15(25)12-17/h1-12,27H. The van der Waals surface area contributed by atoms with E-state index < -0.39 is 17.8 Å². The third-order valence-corrected chi connectivity index (χ3v) is 5.62. The van der Waals surface area contributed by atoms with Crippen molar-refractivity contribution in [2.24, 2.45) is 0 Å². The van der Waals surface area contributed by atoms with Crippen molar-refractivity contribution in [2.75, 3.05) is 10.2 Å². The minimum absolute atomic E-state index is 0.0677. The van der Waals surface area contributed by atoms with E-state index in [0.29, 0.717) is 27.7 Å². The first-order chi connectivity index (χ1) is 15.3. The monoisotopic (exact) mass is 530 g/mol. The van der Waals surface area contributed by atoms with E-state index in [0.717, 1.165) is 9.37 Å². The molecule has 2 amide bonds. The summed E-state index contributed by atoms with van der Waals surface area (Å²) in [4.78, 5) is 38.6. The number of ether oxygens (including phenoxy) is 1. The molecule has 0 unspecified atom stereocenters. The Bertz CT molecular complexity index is 1260. The van der Waals surface area contributed by atoms with Crippen molar-refractivity contribution in [2.45, 2.75) is 0 Å². The number of nitrogens with zero attached hydrogens (tertiary/aromatic N) is 1. The molecule has 1 N–H and O–H groups in total. The summed E-state index contributed by atoms with van der Waals surface area (Å²) in [7, 11) is 0. The molecule has 0 saturated carbocycles. The Morgan fingerprint density at radius 1 is 0.906 bits per heavy atom.